The maximum absolute atomic E-state index is 12.2. The minimum absolute atomic E-state index is 0.218. The molecule has 1 N–H and O–H groups in total. The Balaban J connectivity index is 1.57. The van der Waals surface area contributed by atoms with E-state index in [0.29, 0.717) is 24.7 Å². The number of carbonyl (C=O) groups is 1. The number of hydrogen-bond acceptors (Lipinski definition) is 6. The molecule has 1 aromatic carbocycles. The van der Waals surface area contributed by atoms with E-state index in [0.717, 1.165) is 27.4 Å². The molecule has 2 aromatic heterocycles. The molecule has 3 aromatic rings. The molecule has 0 fully saturated rings. The van der Waals surface area contributed by atoms with Crippen LogP contribution in [0, 0.1) is 13.8 Å². The highest BCUT2D eigenvalue weighted by Gasteiger charge is 2.10. The first-order chi connectivity index (χ1) is 13.0. The molecule has 0 atom stereocenters. The number of benzene rings is 1. The first-order valence-corrected chi connectivity index (χ1v) is 9.34. The summed E-state index contributed by atoms with van der Waals surface area (Å²) in [4.78, 5) is 20.7. The molecule has 0 saturated heterocycles. The molecule has 0 spiro atoms. The van der Waals surface area contributed by atoms with Crippen molar-refractivity contribution in [2.45, 2.75) is 27.0 Å². The summed E-state index contributed by atoms with van der Waals surface area (Å²) in [5.41, 5.74) is 3.46. The van der Waals surface area contributed by atoms with Crippen LogP contribution in [0.2, 0.25) is 0 Å². The summed E-state index contributed by atoms with van der Waals surface area (Å²) in [6.07, 6.45) is 1.69. The number of carbonyl (C=O) groups excluding carboxylic acids is 1. The van der Waals surface area contributed by atoms with Crippen molar-refractivity contribution in [2.75, 3.05) is 7.11 Å². The fraction of sp³-hybridized carbons (Fsp3) is 0.250. The van der Waals surface area contributed by atoms with Gasteiger partial charge >= 0.3 is 0 Å². The van der Waals surface area contributed by atoms with Crippen molar-refractivity contribution in [2.24, 2.45) is 0 Å². The fourth-order valence-corrected chi connectivity index (χ4v) is 3.13. The summed E-state index contributed by atoms with van der Waals surface area (Å²) < 4.78 is 10.9. The number of thiazole rings is 1. The zero-order valence-corrected chi connectivity index (χ0v) is 16.3. The van der Waals surface area contributed by atoms with Crippen molar-refractivity contribution >= 4 is 17.2 Å². The van der Waals surface area contributed by atoms with E-state index >= 15 is 0 Å². The number of ether oxygens (including phenoxy) is 2. The Morgan fingerprint density at radius 3 is 2.81 bits per heavy atom. The smallest absolute Gasteiger partial charge is 0.271 e. The van der Waals surface area contributed by atoms with Gasteiger partial charge in [0.05, 0.1) is 6.61 Å². The topological polar surface area (TPSA) is 73.3 Å². The lowest BCUT2D eigenvalue weighted by molar-refractivity contribution is 0.0946. The highest BCUT2D eigenvalue weighted by Crippen LogP contribution is 2.24. The van der Waals surface area contributed by atoms with Gasteiger partial charge in [-0.3, -0.25) is 4.79 Å². The maximum atomic E-state index is 12.2. The normalized spacial score (nSPS) is 10.6. The van der Waals surface area contributed by atoms with Gasteiger partial charge in [-0.05, 0) is 36.6 Å². The van der Waals surface area contributed by atoms with Gasteiger partial charge in [-0.1, -0.05) is 18.2 Å². The lowest BCUT2D eigenvalue weighted by Crippen LogP contribution is -2.23. The summed E-state index contributed by atoms with van der Waals surface area (Å²) >= 11 is 1.40. The zero-order chi connectivity index (χ0) is 19.2. The van der Waals surface area contributed by atoms with Crippen LogP contribution < -0.4 is 10.1 Å². The molecule has 0 bridgehead atoms. The number of amides is 1. The third kappa shape index (κ3) is 5.12. The Labute approximate surface area is 162 Å². The van der Waals surface area contributed by atoms with Crippen LogP contribution in [0.4, 0.5) is 0 Å². The van der Waals surface area contributed by atoms with Crippen molar-refractivity contribution in [3.05, 3.63) is 69.3 Å². The van der Waals surface area contributed by atoms with E-state index in [4.69, 9.17) is 9.47 Å². The van der Waals surface area contributed by atoms with Crippen LogP contribution in [0.15, 0.2) is 41.9 Å². The van der Waals surface area contributed by atoms with Crippen LogP contribution >= 0.6 is 11.3 Å². The molecular formula is C20H21N3O3S. The van der Waals surface area contributed by atoms with E-state index in [-0.39, 0.29) is 5.91 Å². The Morgan fingerprint density at radius 2 is 2.07 bits per heavy atom. The van der Waals surface area contributed by atoms with E-state index in [1.165, 1.54) is 11.3 Å². The number of aromatic nitrogens is 2. The van der Waals surface area contributed by atoms with Crippen LogP contribution in [0.25, 0.3) is 0 Å². The SMILES string of the molecule is COCc1nc(C(=O)NCc2ccc(Oc3cc(C)ccc3C)nc2)cs1. The number of rotatable bonds is 7. The van der Waals surface area contributed by atoms with Gasteiger partial charge in [-0.15, -0.1) is 11.3 Å². The summed E-state index contributed by atoms with van der Waals surface area (Å²) in [7, 11) is 1.60. The van der Waals surface area contributed by atoms with E-state index in [9.17, 15) is 4.79 Å². The molecule has 7 heteroatoms. The van der Waals surface area contributed by atoms with Gasteiger partial charge in [-0.25, -0.2) is 9.97 Å². The van der Waals surface area contributed by atoms with E-state index in [2.05, 4.69) is 15.3 Å². The highest BCUT2D eigenvalue weighted by atomic mass is 32.1. The highest BCUT2D eigenvalue weighted by molar-refractivity contribution is 7.09. The van der Waals surface area contributed by atoms with Crippen molar-refractivity contribution in [1.29, 1.82) is 0 Å². The van der Waals surface area contributed by atoms with E-state index in [1.54, 1.807) is 24.8 Å². The number of methoxy groups -OCH3 is 1. The molecule has 6 nitrogen and oxygen atoms in total. The molecule has 0 aliphatic heterocycles. The molecule has 0 radical (unpaired) electrons. The predicted octanol–water partition coefficient (Wildman–Crippen LogP) is 4.02. The second kappa shape index (κ2) is 8.75. The Hall–Kier alpha value is -2.77. The van der Waals surface area contributed by atoms with Gasteiger partial charge in [0.25, 0.3) is 5.91 Å². The quantitative estimate of drug-likeness (QED) is 0.667. The van der Waals surface area contributed by atoms with Crippen LogP contribution in [-0.4, -0.2) is 23.0 Å². The Kier molecular flexibility index (Phi) is 6.16. The first-order valence-electron chi connectivity index (χ1n) is 8.46. The summed E-state index contributed by atoms with van der Waals surface area (Å²) in [6, 6.07) is 9.72. The van der Waals surface area contributed by atoms with Gasteiger partial charge in [-0.2, -0.15) is 0 Å². The van der Waals surface area contributed by atoms with E-state index < -0.39 is 0 Å². The molecule has 2 heterocycles. The van der Waals surface area contributed by atoms with Gasteiger partial charge in [0.1, 0.15) is 16.5 Å². The first kappa shape index (κ1) is 19.0. The third-order valence-corrected chi connectivity index (χ3v) is 4.68. The van der Waals surface area contributed by atoms with Crippen LogP contribution in [-0.2, 0) is 17.9 Å². The number of nitrogens with zero attached hydrogens (tertiary/aromatic N) is 2. The van der Waals surface area contributed by atoms with Gasteiger partial charge in [0.15, 0.2) is 0 Å². The second-order valence-electron chi connectivity index (χ2n) is 6.12. The number of nitrogens with one attached hydrogen (secondary N) is 1. The number of hydrogen-bond donors (Lipinski definition) is 1. The monoisotopic (exact) mass is 383 g/mol. The average molecular weight is 383 g/mol. The van der Waals surface area contributed by atoms with Crippen molar-refractivity contribution in [3.8, 4) is 11.6 Å². The molecule has 140 valence electrons. The van der Waals surface area contributed by atoms with Crippen LogP contribution in [0.5, 0.6) is 11.6 Å². The van der Waals surface area contributed by atoms with Gasteiger partial charge < -0.3 is 14.8 Å². The second-order valence-corrected chi connectivity index (χ2v) is 7.06. The van der Waals surface area contributed by atoms with E-state index in [1.807, 2.05) is 38.1 Å². The third-order valence-electron chi connectivity index (χ3n) is 3.86. The van der Waals surface area contributed by atoms with Crippen LogP contribution in [0.3, 0.4) is 0 Å². The molecular weight excluding hydrogens is 362 g/mol. The zero-order valence-electron chi connectivity index (χ0n) is 15.5. The van der Waals surface area contributed by atoms with Gasteiger partial charge in [0, 0.05) is 31.3 Å². The Bertz CT molecular complexity index is 922. The minimum Gasteiger partial charge on any atom is -0.439 e. The van der Waals surface area contributed by atoms with Crippen molar-refractivity contribution in [3.63, 3.8) is 0 Å². The molecule has 0 aliphatic rings. The summed E-state index contributed by atoms with van der Waals surface area (Å²) in [6.45, 7) is 4.79. The lowest BCUT2D eigenvalue weighted by Gasteiger charge is -2.09. The Morgan fingerprint density at radius 1 is 1.22 bits per heavy atom. The van der Waals surface area contributed by atoms with Crippen molar-refractivity contribution in [1.82, 2.24) is 15.3 Å². The molecule has 1 amide bonds. The molecule has 27 heavy (non-hydrogen) atoms. The molecule has 0 aliphatic carbocycles. The number of pyridine rings is 1. The number of aryl methyl sites for hydroxylation is 2. The maximum Gasteiger partial charge on any atom is 0.271 e. The largest absolute Gasteiger partial charge is 0.439 e. The standard InChI is InChI=1S/C20H21N3O3S/c1-13-4-5-14(2)17(8-13)26-18-7-6-15(9-21-18)10-22-20(24)16-12-27-19(23-16)11-25-3/h4-9,12H,10-11H2,1-3H3,(H,22,24). The van der Waals surface area contributed by atoms with Crippen molar-refractivity contribution < 1.29 is 14.3 Å². The predicted molar refractivity (Wildman–Crippen MR) is 104 cm³/mol. The molecule has 3 rings (SSSR count). The molecule has 0 saturated carbocycles. The molecule has 0 unspecified atom stereocenters. The average Bonchev–Trinajstić information content (AvgIpc) is 3.13. The summed E-state index contributed by atoms with van der Waals surface area (Å²) in [5, 5.41) is 5.34. The van der Waals surface area contributed by atoms with Gasteiger partial charge in [0.2, 0.25) is 5.88 Å². The van der Waals surface area contributed by atoms with Crippen LogP contribution in [0.1, 0.15) is 32.2 Å². The fourth-order valence-electron chi connectivity index (χ4n) is 2.38. The summed E-state index contributed by atoms with van der Waals surface area (Å²) in [5.74, 6) is 1.09. The minimum atomic E-state index is -0.218. The lowest BCUT2D eigenvalue weighted by atomic mass is 10.1.